The van der Waals surface area contributed by atoms with E-state index in [1.54, 1.807) is 61.7 Å². The number of thiophene rings is 1. The number of carbonyl (C=O) groups excluding carboxylic acids is 3. The molecule has 0 spiro atoms. The Balaban J connectivity index is 1.66. The lowest BCUT2D eigenvalue weighted by Crippen LogP contribution is -2.48. The number of hydrogen-bond acceptors (Lipinski definition) is 6. The lowest BCUT2D eigenvalue weighted by Gasteiger charge is -2.18. The molecule has 3 rings (SSSR count). The molecule has 0 aliphatic heterocycles. The van der Waals surface area contributed by atoms with Crippen LogP contribution in [0.5, 0.6) is 5.75 Å². The van der Waals surface area contributed by atoms with Crippen molar-refractivity contribution in [3.8, 4) is 5.75 Å². The normalized spacial score (nSPS) is 11.4. The standard InChI is InChI=1S/C25H25N3O6S/c1-14-9-17(22(30)26-12-16-5-3-6-18(29)11-16)10-15(2)21(14)24(32)28-19(25(33)34)13-27-23(31)20-7-4-8-35-20/h3-11,19,29H,12-13H2,1-2H3,(H,26,30)(H,27,31)(H,28,32)(H,33,34)/t19-/m0/s1. The van der Waals surface area contributed by atoms with E-state index in [1.165, 1.54) is 17.4 Å². The number of aromatic hydroxyl groups is 1. The van der Waals surface area contributed by atoms with Crippen molar-refractivity contribution >= 4 is 35.0 Å². The highest BCUT2D eigenvalue weighted by molar-refractivity contribution is 7.12. The van der Waals surface area contributed by atoms with E-state index in [4.69, 9.17) is 0 Å². The molecule has 0 radical (unpaired) electrons. The summed E-state index contributed by atoms with van der Waals surface area (Å²) in [5.74, 6) is -2.59. The number of carbonyl (C=O) groups is 4. The highest BCUT2D eigenvalue weighted by atomic mass is 32.1. The molecular formula is C25H25N3O6S. The number of aliphatic carboxylic acids is 1. The number of phenols is 1. The molecule has 0 saturated heterocycles. The molecule has 0 fully saturated rings. The van der Waals surface area contributed by atoms with Gasteiger partial charge in [0.2, 0.25) is 0 Å². The van der Waals surface area contributed by atoms with Crippen LogP contribution in [0.3, 0.4) is 0 Å². The van der Waals surface area contributed by atoms with Crippen molar-refractivity contribution in [1.29, 1.82) is 0 Å². The molecule has 182 valence electrons. The average Bonchev–Trinajstić information content (AvgIpc) is 3.34. The Hall–Kier alpha value is -4.18. The number of carboxylic acids is 1. The first-order chi connectivity index (χ1) is 16.7. The zero-order chi connectivity index (χ0) is 25.5. The second kappa shape index (κ2) is 11.3. The van der Waals surface area contributed by atoms with E-state index in [2.05, 4.69) is 16.0 Å². The first kappa shape index (κ1) is 25.4. The van der Waals surface area contributed by atoms with Crippen LogP contribution in [0.1, 0.15) is 47.1 Å². The van der Waals surface area contributed by atoms with Gasteiger partial charge in [-0.3, -0.25) is 14.4 Å². The number of rotatable bonds is 9. The molecule has 5 N–H and O–H groups in total. The number of benzene rings is 2. The van der Waals surface area contributed by atoms with Crippen LogP contribution < -0.4 is 16.0 Å². The van der Waals surface area contributed by atoms with Gasteiger partial charge in [0, 0.05) is 24.2 Å². The summed E-state index contributed by atoms with van der Waals surface area (Å²) >= 11 is 1.22. The number of nitrogens with one attached hydrogen (secondary N) is 3. The topological polar surface area (TPSA) is 145 Å². The van der Waals surface area contributed by atoms with Gasteiger partial charge in [-0.15, -0.1) is 11.3 Å². The van der Waals surface area contributed by atoms with Crippen LogP contribution in [-0.2, 0) is 11.3 Å². The van der Waals surface area contributed by atoms with Crippen molar-refractivity contribution in [3.05, 3.63) is 86.6 Å². The third-order valence-corrected chi connectivity index (χ3v) is 6.07. The van der Waals surface area contributed by atoms with Crippen LogP contribution in [0.2, 0.25) is 0 Å². The predicted molar refractivity (Wildman–Crippen MR) is 131 cm³/mol. The molecule has 35 heavy (non-hydrogen) atoms. The van der Waals surface area contributed by atoms with Crippen molar-refractivity contribution in [2.75, 3.05) is 6.54 Å². The summed E-state index contributed by atoms with van der Waals surface area (Å²) < 4.78 is 0. The quantitative estimate of drug-likeness (QED) is 0.309. The Labute approximate surface area is 205 Å². The molecular weight excluding hydrogens is 470 g/mol. The van der Waals surface area contributed by atoms with Crippen molar-refractivity contribution < 1.29 is 29.4 Å². The molecule has 3 amide bonds. The number of amides is 3. The van der Waals surface area contributed by atoms with Gasteiger partial charge in [-0.05, 0) is 66.2 Å². The van der Waals surface area contributed by atoms with Crippen molar-refractivity contribution in [2.45, 2.75) is 26.4 Å². The van der Waals surface area contributed by atoms with Gasteiger partial charge in [0.1, 0.15) is 11.8 Å². The maximum Gasteiger partial charge on any atom is 0.328 e. The molecule has 0 aliphatic carbocycles. The molecule has 0 bridgehead atoms. The van der Waals surface area contributed by atoms with E-state index in [0.29, 0.717) is 21.6 Å². The van der Waals surface area contributed by atoms with Gasteiger partial charge in [-0.1, -0.05) is 18.2 Å². The van der Waals surface area contributed by atoms with Gasteiger partial charge in [-0.25, -0.2) is 4.79 Å². The van der Waals surface area contributed by atoms with Crippen LogP contribution >= 0.6 is 11.3 Å². The van der Waals surface area contributed by atoms with Gasteiger partial charge in [0.25, 0.3) is 17.7 Å². The largest absolute Gasteiger partial charge is 0.508 e. The number of aryl methyl sites for hydroxylation is 2. The Kier molecular flexibility index (Phi) is 8.21. The Morgan fingerprint density at radius 2 is 1.63 bits per heavy atom. The highest BCUT2D eigenvalue weighted by Crippen LogP contribution is 2.18. The van der Waals surface area contributed by atoms with E-state index >= 15 is 0 Å². The molecule has 1 atom stereocenters. The fraction of sp³-hybridized carbons (Fsp3) is 0.200. The zero-order valence-corrected chi connectivity index (χ0v) is 19.9. The smallest absolute Gasteiger partial charge is 0.328 e. The molecule has 10 heteroatoms. The highest BCUT2D eigenvalue weighted by Gasteiger charge is 2.24. The van der Waals surface area contributed by atoms with Crippen LogP contribution in [0.15, 0.2) is 53.9 Å². The lowest BCUT2D eigenvalue weighted by molar-refractivity contribution is -0.139. The molecule has 0 saturated carbocycles. The minimum absolute atomic E-state index is 0.101. The number of carboxylic acid groups (broad SMARTS) is 1. The molecule has 0 unspecified atom stereocenters. The van der Waals surface area contributed by atoms with Gasteiger partial charge in [0.15, 0.2) is 0 Å². The van der Waals surface area contributed by atoms with Crippen molar-refractivity contribution in [2.24, 2.45) is 0 Å². The van der Waals surface area contributed by atoms with Gasteiger partial charge >= 0.3 is 5.97 Å². The van der Waals surface area contributed by atoms with E-state index in [1.807, 2.05) is 0 Å². The van der Waals surface area contributed by atoms with E-state index < -0.39 is 23.8 Å². The van der Waals surface area contributed by atoms with Crippen LogP contribution in [0, 0.1) is 13.8 Å². The van der Waals surface area contributed by atoms with Gasteiger partial charge in [-0.2, -0.15) is 0 Å². The molecule has 1 heterocycles. The maximum absolute atomic E-state index is 12.9. The maximum atomic E-state index is 12.9. The van der Waals surface area contributed by atoms with Crippen molar-refractivity contribution in [1.82, 2.24) is 16.0 Å². The Bertz CT molecular complexity index is 1230. The zero-order valence-electron chi connectivity index (χ0n) is 19.1. The molecule has 1 aromatic heterocycles. The predicted octanol–water partition coefficient (Wildman–Crippen LogP) is 2.61. The number of phenolic OH excluding ortho intramolecular Hbond substituents is 1. The van der Waals surface area contributed by atoms with Gasteiger partial charge in [0.05, 0.1) is 4.88 Å². The monoisotopic (exact) mass is 495 g/mol. The second-order valence-electron chi connectivity index (χ2n) is 7.89. The molecule has 3 aromatic rings. The van der Waals surface area contributed by atoms with Crippen LogP contribution in [0.25, 0.3) is 0 Å². The summed E-state index contributed by atoms with van der Waals surface area (Å²) in [7, 11) is 0. The second-order valence-corrected chi connectivity index (χ2v) is 8.84. The summed E-state index contributed by atoms with van der Waals surface area (Å²) in [6.45, 7) is 3.24. The van der Waals surface area contributed by atoms with Crippen LogP contribution in [-0.4, -0.2) is 46.5 Å². The number of hydrogen-bond donors (Lipinski definition) is 5. The fourth-order valence-electron chi connectivity index (χ4n) is 3.52. The lowest BCUT2D eigenvalue weighted by atomic mass is 9.98. The molecule has 2 aromatic carbocycles. The Morgan fingerprint density at radius 3 is 2.23 bits per heavy atom. The third-order valence-electron chi connectivity index (χ3n) is 5.20. The fourth-order valence-corrected chi connectivity index (χ4v) is 4.16. The molecule has 0 aliphatic rings. The molecule has 9 nitrogen and oxygen atoms in total. The summed E-state index contributed by atoms with van der Waals surface area (Å²) in [5.41, 5.74) is 2.32. The Morgan fingerprint density at radius 1 is 0.914 bits per heavy atom. The van der Waals surface area contributed by atoms with Crippen molar-refractivity contribution in [3.63, 3.8) is 0 Å². The van der Waals surface area contributed by atoms with Gasteiger partial charge < -0.3 is 26.2 Å². The first-order valence-electron chi connectivity index (χ1n) is 10.7. The summed E-state index contributed by atoms with van der Waals surface area (Å²) in [5, 5.41) is 28.5. The minimum atomic E-state index is -1.34. The summed E-state index contributed by atoms with van der Waals surface area (Å²) in [4.78, 5) is 49.7. The summed E-state index contributed by atoms with van der Waals surface area (Å²) in [6, 6.07) is 11.6. The third kappa shape index (κ3) is 6.67. The summed E-state index contributed by atoms with van der Waals surface area (Å²) in [6.07, 6.45) is 0. The van der Waals surface area contributed by atoms with E-state index in [0.717, 1.165) is 5.56 Å². The first-order valence-corrected chi connectivity index (χ1v) is 11.6. The van der Waals surface area contributed by atoms with E-state index in [-0.39, 0.29) is 30.3 Å². The average molecular weight is 496 g/mol. The van der Waals surface area contributed by atoms with E-state index in [9.17, 15) is 29.4 Å². The minimum Gasteiger partial charge on any atom is -0.508 e. The van der Waals surface area contributed by atoms with Crippen LogP contribution in [0.4, 0.5) is 0 Å². The SMILES string of the molecule is Cc1cc(C(=O)NCc2cccc(O)c2)cc(C)c1C(=O)N[C@@H](CNC(=O)c1cccs1)C(=O)O.